The van der Waals surface area contributed by atoms with Crippen molar-refractivity contribution in [2.24, 2.45) is 5.10 Å². The van der Waals surface area contributed by atoms with Gasteiger partial charge in [0.2, 0.25) is 5.91 Å². The SMILES string of the molecule is O=C(Cc1ccc(Br)c2ccccc12)N/N=C/c1ccc(Cl)cc1. The molecule has 3 aromatic carbocycles. The summed E-state index contributed by atoms with van der Waals surface area (Å²) in [6.07, 6.45) is 1.86. The van der Waals surface area contributed by atoms with Crippen molar-refractivity contribution in [1.82, 2.24) is 5.43 Å². The van der Waals surface area contributed by atoms with E-state index < -0.39 is 0 Å². The van der Waals surface area contributed by atoms with Gasteiger partial charge in [0.1, 0.15) is 0 Å². The molecule has 0 unspecified atom stereocenters. The van der Waals surface area contributed by atoms with Gasteiger partial charge in [-0.3, -0.25) is 4.79 Å². The van der Waals surface area contributed by atoms with Crippen LogP contribution in [0.5, 0.6) is 0 Å². The third kappa shape index (κ3) is 4.02. The minimum Gasteiger partial charge on any atom is -0.273 e. The lowest BCUT2D eigenvalue weighted by Gasteiger charge is -2.07. The monoisotopic (exact) mass is 400 g/mol. The Balaban J connectivity index is 1.69. The molecule has 0 aliphatic rings. The quantitative estimate of drug-likeness (QED) is 0.488. The van der Waals surface area contributed by atoms with Gasteiger partial charge in [0, 0.05) is 9.50 Å². The Bertz CT molecular complexity index is 907. The summed E-state index contributed by atoms with van der Waals surface area (Å²) in [6, 6.07) is 19.1. The van der Waals surface area contributed by atoms with Crippen molar-refractivity contribution in [3.05, 3.63) is 81.3 Å². The summed E-state index contributed by atoms with van der Waals surface area (Å²) in [7, 11) is 0. The first-order valence-corrected chi connectivity index (χ1v) is 8.54. The molecule has 0 aliphatic heterocycles. The zero-order valence-electron chi connectivity index (χ0n) is 12.7. The highest BCUT2D eigenvalue weighted by molar-refractivity contribution is 9.10. The molecule has 0 fully saturated rings. The molecule has 5 heteroatoms. The third-order valence-electron chi connectivity index (χ3n) is 3.59. The van der Waals surface area contributed by atoms with E-state index in [1.165, 1.54) is 0 Å². The summed E-state index contributed by atoms with van der Waals surface area (Å²) in [5.41, 5.74) is 4.39. The molecule has 0 radical (unpaired) electrons. The molecule has 3 nitrogen and oxygen atoms in total. The van der Waals surface area contributed by atoms with Gasteiger partial charge in [-0.1, -0.05) is 70.0 Å². The smallest absolute Gasteiger partial charge is 0.244 e. The Morgan fingerprint density at radius 3 is 2.50 bits per heavy atom. The van der Waals surface area contributed by atoms with E-state index in [2.05, 4.69) is 26.5 Å². The van der Waals surface area contributed by atoms with Gasteiger partial charge in [0.05, 0.1) is 12.6 Å². The van der Waals surface area contributed by atoms with Crippen LogP contribution in [0.25, 0.3) is 10.8 Å². The molecule has 0 aliphatic carbocycles. The van der Waals surface area contributed by atoms with E-state index in [1.807, 2.05) is 48.5 Å². The summed E-state index contributed by atoms with van der Waals surface area (Å²) >= 11 is 9.36. The Hall–Kier alpha value is -2.17. The topological polar surface area (TPSA) is 41.5 Å². The molecule has 0 saturated carbocycles. The Morgan fingerprint density at radius 2 is 1.75 bits per heavy atom. The first-order chi connectivity index (χ1) is 11.6. The molecule has 1 amide bonds. The highest BCUT2D eigenvalue weighted by Crippen LogP contribution is 2.27. The molecule has 0 aromatic heterocycles. The second-order valence-electron chi connectivity index (χ2n) is 5.27. The number of rotatable bonds is 4. The lowest BCUT2D eigenvalue weighted by atomic mass is 10.0. The van der Waals surface area contributed by atoms with Gasteiger partial charge < -0.3 is 0 Å². The Morgan fingerprint density at radius 1 is 1.04 bits per heavy atom. The number of fused-ring (bicyclic) bond motifs is 1. The zero-order valence-corrected chi connectivity index (χ0v) is 15.0. The highest BCUT2D eigenvalue weighted by atomic mass is 79.9. The van der Waals surface area contributed by atoms with Crippen molar-refractivity contribution >= 4 is 50.4 Å². The summed E-state index contributed by atoms with van der Waals surface area (Å²) < 4.78 is 1.02. The van der Waals surface area contributed by atoms with Crippen molar-refractivity contribution in [2.45, 2.75) is 6.42 Å². The second kappa shape index (κ2) is 7.60. The maximum absolute atomic E-state index is 12.1. The molecule has 0 spiro atoms. The molecule has 0 bridgehead atoms. The minimum absolute atomic E-state index is 0.160. The Kier molecular flexibility index (Phi) is 5.28. The van der Waals surface area contributed by atoms with Crippen LogP contribution >= 0.6 is 27.5 Å². The van der Waals surface area contributed by atoms with Crippen molar-refractivity contribution in [3.8, 4) is 0 Å². The van der Waals surface area contributed by atoms with Crippen molar-refractivity contribution in [2.75, 3.05) is 0 Å². The zero-order chi connectivity index (χ0) is 16.9. The fraction of sp³-hybridized carbons (Fsp3) is 0.0526. The van der Waals surface area contributed by atoms with Gasteiger partial charge in [0.25, 0.3) is 0 Å². The van der Waals surface area contributed by atoms with Crippen molar-refractivity contribution < 1.29 is 4.79 Å². The van der Waals surface area contributed by atoms with E-state index >= 15 is 0 Å². The summed E-state index contributed by atoms with van der Waals surface area (Å²) in [5, 5.41) is 6.80. The number of nitrogens with one attached hydrogen (secondary N) is 1. The molecule has 3 rings (SSSR count). The summed E-state index contributed by atoms with van der Waals surface area (Å²) in [5.74, 6) is -0.160. The van der Waals surface area contributed by atoms with E-state index in [0.717, 1.165) is 26.4 Å². The first kappa shape index (κ1) is 16.7. The normalized spacial score (nSPS) is 11.1. The van der Waals surface area contributed by atoms with Crippen LogP contribution < -0.4 is 5.43 Å². The maximum atomic E-state index is 12.1. The van der Waals surface area contributed by atoms with E-state index in [1.54, 1.807) is 18.3 Å². The van der Waals surface area contributed by atoms with Crippen LogP contribution in [-0.2, 0) is 11.2 Å². The van der Waals surface area contributed by atoms with Gasteiger partial charge in [0.15, 0.2) is 0 Å². The lowest BCUT2D eigenvalue weighted by molar-refractivity contribution is -0.120. The number of amides is 1. The van der Waals surface area contributed by atoms with E-state index in [0.29, 0.717) is 5.02 Å². The largest absolute Gasteiger partial charge is 0.273 e. The lowest BCUT2D eigenvalue weighted by Crippen LogP contribution is -2.19. The van der Waals surface area contributed by atoms with Crippen LogP contribution in [0, 0.1) is 0 Å². The number of hydrazone groups is 1. The van der Waals surface area contributed by atoms with Gasteiger partial charge >= 0.3 is 0 Å². The van der Waals surface area contributed by atoms with Crippen LogP contribution in [0.4, 0.5) is 0 Å². The number of hydrogen-bond donors (Lipinski definition) is 1. The molecule has 120 valence electrons. The molecule has 1 N–H and O–H groups in total. The number of hydrogen-bond acceptors (Lipinski definition) is 2. The summed E-state index contributed by atoms with van der Waals surface area (Å²) in [6.45, 7) is 0. The van der Waals surface area contributed by atoms with Gasteiger partial charge in [-0.25, -0.2) is 5.43 Å². The van der Waals surface area contributed by atoms with Crippen LogP contribution in [-0.4, -0.2) is 12.1 Å². The van der Waals surface area contributed by atoms with Crippen LogP contribution in [0.1, 0.15) is 11.1 Å². The van der Waals surface area contributed by atoms with E-state index in [9.17, 15) is 4.79 Å². The average molecular weight is 402 g/mol. The predicted molar refractivity (Wildman–Crippen MR) is 103 cm³/mol. The van der Waals surface area contributed by atoms with Crippen molar-refractivity contribution in [3.63, 3.8) is 0 Å². The molecule has 24 heavy (non-hydrogen) atoms. The maximum Gasteiger partial charge on any atom is 0.244 e. The van der Waals surface area contributed by atoms with Gasteiger partial charge in [-0.2, -0.15) is 5.10 Å². The van der Waals surface area contributed by atoms with Gasteiger partial charge in [-0.15, -0.1) is 0 Å². The Labute approximate surface area is 153 Å². The van der Waals surface area contributed by atoms with E-state index in [-0.39, 0.29) is 12.3 Å². The number of benzene rings is 3. The third-order valence-corrected chi connectivity index (χ3v) is 4.53. The standard InChI is InChI=1S/C19H14BrClN2O/c20-18-10-7-14(16-3-1-2-4-17(16)18)11-19(24)23-22-12-13-5-8-15(21)9-6-13/h1-10,12H,11H2,(H,23,24)/b22-12+. The van der Waals surface area contributed by atoms with E-state index in [4.69, 9.17) is 11.6 Å². The van der Waals surface area contributed by atoms with Gasteiger partial charge in [-0.05, 0) is 40.1 Å². The fourth-order valence-electron chi connectivity index (χ4n) is 2.42. The highest BCUT2D eigenvalue weighted by Gasteiger charge is 2.08. The number of carbonyl (C=O) groups is 1. The molecule has 0 atom stereocenters. The average Bonchev–Trinajstić information content (AvgIpc) is 2.59. The van der Waals surface area contributed by atoms with Crippen LogP contribution in [0.15, 0.2) is 70.2 Å². The molecular weight excluding hydrogens is 388 g/mol. The van der Waals surface area contributed by atoms with Crippen LogP contribution in [0.2, 0.25) is 5.02 Å². The molecule has 0 heterocycles. The number of halogens is 2. The summed E-state index contributed by atoms with van der Waals surface area (Å²) in [4.78, 5) is 12.1. The van der Waals surface area contributed by atoms with Crippen molar-refractivity contribution in [1.29, 1.82) is 0 Å². The second-order valence-corrected chi connectivity index (χ2v) is 6.56. The minimum atomic E-state index is -0.160. The van der Waals surface area contributed by atoms with Crippen LogP contribution in [0.3, 0.4) is 0 Å². The molecule has 0 saturated heterocycles. The molecular formula is C19H14BrClN2O. The number of carbonyl (C=O) groups excluding carboxylic acids is 1. The number of nitrogens with zero attached hydrogens (tertiary/aromatic N) is 1. The first-order valence-electron chi connectivity index (χ1n) is 7.37. The fourth-order valence-corrected chi connectivity index (χ4v) is 3.02. The predicted octanol–water partition coefficient (Wildman–Crippen LogP) is 4.95. The molecule has 3 aromatic rings.